The number of carbonyl (C=O) groups excluding carboxylic acids is 2. The van der Waals surface area contributed by atoms with Crippen LogP contribution in [-0.4, -0.2) is 53.7 Å². The van der Waals surface area contributed by atoms with E-state index in [2.05, 4.69) is 18.7 Å². The smallest absolute Gasteiger partial charge is 0.223 e. The quantitative estimate of drug-likeness (QED) is 0.782. The third kappa shape index (κ3) is 3.90. The summed E-state index contributed by atoms with van der Waals surface area (Å²) in [5, 5.41) is 1.89. The Balaban J connectivity index is 1.75. The van der Waals surface area contributed by atoms with Crippen LogP contribution in [0.4, 0.5) is 0 Å². The van der Waals surface area contributed by atoms with Crippen molar-refractivity contribution < 1.29 is 9.59 Å². The van der Waals surface area contributed by atoms with Gasteiger partial charge in [-0.1, -0.05) is 6.07 Å². The van der Waals surface area contributed by atoms with Crippen LogP contribution in [0.15, 0.2) is 17.5 Å². The number of nitrogens with zero attached hydrogens (tertiary/aromatic N) is 2. The Bertz CT molecular complexity index is 448. The molecular weight excluding hydrogens is 272 g/mol. The van der Waals surface area contributed by atoms with Gasteiger partial charge in [0.2, 0.25) is 5.91 Å². The van der Waals surface area contributed by atoms with Gasteiger partial charge in [0.15, 0.2) is 5.78 Å². The van der Waals surface area contributed by atoms with E-state index >= 15 is 0 Å². The van der Waals surface area contributed by atoms with Gasteiger partial charge in [-0.2, -0.15) is 0 Å². The molecule has 1 aromatic rings. The summed E-state index contributed by atoms with van der Waals surface area (Å²) >= 11 is 1.44. The van der Waals surface area contributed by atoms with Crippen molar-refractivity contribution in [2.75, 3.05) is 26.2 Å². The Kier molecular flexibility index (Phi) is 5.31. The van der Waals surface area contributed by atoms with Crippen LogP contribution < -0.4 is 0 Å². The maximum absolute atomic E-state index is 12.1. The van der Waals surface area contributed by atoms with E-state index in [1.807, 2.05) is 22.4 Å². The van der Waals surface area contributed by atoms with Crippen LogP contribution >= 0.6 is 11.3 Å². The molecule has 0 aliphatic carbocycles. The molecule has 0 unspecified atom stereocenters. The molecule has 0 radical (unpaired) electrons. The number of ketones is 1. The number of hydrogen-bond donors (Lipinski definition) is 0. The van der Waals surface area contributed by atoms with Crippen LogP contribution in [0, 0.1) is 0 Å². The third-order valence-corrected chi connectivity index (χ3v) is 4.67. The SMILES string of the molecule is CC(C)N1CCN(C(=O)CCC(=O)c2cccs2)CC1. The van der Waals surface area contributed by atoms with E-state index in [0.717, 1.165) is 31.1 Å². The summed E-state index contributed by atoms with van der Waals surface area (Å²) in [5.41, 5.74) is 0. The molecule has 0 aromatic carbocycles. The predicted molar refractivity (Wildman–Crippen MR) is 81.2 cm³/mol. The highest BCUT2D eigenvalue weighted by atomic mass is 32.1. The average molecular weight is 294 g/mol. The zero-order valence-electron chi connectivity index (χ0n) is 12.2. The van der Waals surface area contributed by atoms with E-state index in [0.29, 0.717) is 18.9 Å². The first kappa shape index (κ1) is 15.2. The number of piperazine rings is 1. The average Bonchev–Trinajstić information content (AvgIpc) is 2.98. The van der Waals surface area contributed by atoms with Gasteiger partial charge >= 0.3 is 0 Å². The molecule has 0 bridgehead atoms. The first-order valence-electron chi connectivity index (χ1n) is 7.16. The summed E-state index contributed by atoms with van der Waals surface area (Å²) < 4.78 is 0. The highest BCUT2D eigenvalue weighted by Gasteiger charge is 2.22. The van der Waals surface area contributed by atoms with Gasteiger partial charge < -0.3 is 4.90 Å². The fraction of sp³-hybridized carbons (Fsp3) is 0.600. The second kappa shape index (κ2) is 6.99. The van der Waals surface area contributed by atoms with Crippen LogP contribution in [0.25, 0.3) is 0 Å². The normalized spacial score (nSPS) is 16.6. The molecule has 110 valence electrons. The number of thiophene rings is 1. The summed E-state index contributed by atoms with van der Waals surface area (Å²) in [6.07, 6.45) is 0.655. The monoisotopic (exact) mass is 294 g/mol. The lowest BCUT2D eigenvalue weighted by molar-refractivity contribution is -0.133. The summed E-state index contributed by atoms with van der Waals surface area (Å²) in [7, 11) is 0. The van der Waals surface area contributed by atoms with Crippen LogP contribution in [-0.2, 0) is 4.79 Å². The molecule has 0 saturated carbocycles. The maximum Gasteiger partial charge on any atom is 0.223 e. The standard InChI is InChI=1S/C15H22N2O2S/c1-12(2)16-7-9-17(10-8-16)15(19)6-5-13(18)14-4-3-11-20-14/h3-4,11-12H,5-10H2,1-2H3. The second-order valence-electron chi connectivity index (χ2n) is 5.41. The summed E-state index contributed by atoms with van der Waals surface area (Å²) in [4.78, 5) is 29.0. The first-order chi connectivity index (χ1) is 9.58. The van der Waals surface area contributed by atoms with E-state index in [4.69, 9.17) is 0 Å². The maximum atomic E-state index is 12.1. The van der Waals surface area contributed by atoms with Gasteiger partial charge in [-0.3, -0.25) is 14.5 Å². The summed E-state index contributed by atoms with van der Waals surface area (Å²) in [5.74, 6) is 0.187. The Morgan fingerprint density at radius 3 is 2.45 bits per heavy atom. The van der Waals surface area contributed by atoms with Crippen LogP contribution in [0.2, 0.25) is 0 Å². The lowest BCUT2D eigenvalue weighted by atomic mass is 10.1. The zero-order chi connectivity index (χ0) is 14.5. The lowest BCUT2D eigenvalue weighted by Gasteiger charge is -2.37. The van der Waals surface area contributed by atoms with Gasteiger partial charge in [-0.25, -0.2) is 0 Å². The van der Waals surface area contributed by atoms with Crippen molar-refractivity contribution in [3.05, 3.63) is 22.4 Å². The minimum absolute atomic E-state index is 0.0779. The highest BCUT2D eigenvalue weighted by Crippen LogP contribution is 2.14. The van der Waals surface area contributed by atoms with Crippen molar-refractivity contribution >= 4 is 23.0 Å². The predicted octanol–water partition coefficient (Wildman–Crippen LogP) is 2.26. The molecule has 2 rings (SSSR count). The molecule has 0 spiro atoms. The Labute approximate surface area is 124 Å². The Hall–Kier alpha value is -1.20. The van der Waals surface area contributed by atoms with E-state index in [-0.39, 0.29) is 11.7 Å². The van der Waals surface area contributed by atoms with Crippen molar-refractivity contribution in [2.24, 2.45) is 0 Å². The molecule has 1 saturated heterocycles. The first-order valence-corrected chi connectivity index (χ1v) is 8.04. The zero-order valence-corrected chi connectivity index (χ0v) is 13.0. The Morgan fingerprint density at radius 2 is 1.90 bits per heavy atom. The van der Waals surface area contributed by atoms with Crippen molar-refractivity contribution in [1.29, 1.82) is 0 Å². The molecule has 1 aliphatic rings. The topological polar surface area (TPSA) is 40.6 Å². The molecule has 2 heterocycles. The minimum atomic E-state index is 0.0779. The number of carbonyl (C=O) groups is 2. The molecule has 5 heteroatoms. The van der Waals surface area contributed by atoms with Crippen LogP contribution in [0.5, 0.6) is 0 Å². The van der Waals surface area contributed by atoms with Crippen molar-refractivity contribution in [1.82, 2.24) is 9.80 Å². The van der Waals surface area contributed by atoms with Crippen molar-refractivity contribution in [3.63, 3.8) is 0 Å². The third-order valence-electron chi connectivity index (χ3n) is 3.76. The fourth-order valence-corrected chi connectivity index (χ4v) is 3.12. The summed E-state index contributed by atoms with van der Waals surface area (Å²) in [6.45, 7) is 7.79. The van der Waals surface area contributed by atoms with Crippen LogP contribution in [0.3, 0.4) is 0 Å². The van der Waals surface area contributed by atoms with Crippen molar-refractivity contribution in [3.8, 4) is 0 Å². The molecular formula is C15H22N2O2S. The summed E-state index contributed by atoms with van der Waals surface area (Å²) in [6, 6.07) is 4.22. The van der Waals surface area contributed by atoms with Gasteiger partial charge in [0, 0.05) is 45.1 Å². The van der Waals surface area contributed by atoms with Gasteiger partial charge in [-0.15, -0.1) is 11.3 Å². The number of rotatable bonds is 5. The van der Waals surface area contributed by atoms with Gasteiger partial charge in [0.1, 0.15) is 0 Å². The molecule has 1 aliphatic heterocycles. The van der Waals surface area contributed by atoms with E-state index in [9.17, 15) is 9.59 Å². The molecule has 1 fully saturated rings. The highest BCUT2D eigenvalue weighted by molar-refractivity contribution is 7.12. The molecule has 0 atom stereocenters. The van der Waals surface area contributed by atoms with E-state index in [1.54, 1.807) is 0 Å². The molecule has 1 aromatic heterocycles. The van der Waals surface area contributed by atoms with Gasteiger partial charge in [0.05, 0.1) is 4.88 Å². The number of hydrogen-bond acceptors (Lipinski definition) is 4. The van der Waals surface area contributed by atoms with Crippen LogP contribution in [0.1, 0.15) is 36.4 Å². The second-order valence-corrected chi connectivity index (χ2v) is 6.36. The largest absolute Gasteiger partial charge is 0.340 e. The van der Waals surface area contributed by atoms with E-state index in [1.165, 1.54) is 11.3 Å². The van der Waals surface area contributed by atoms with Gasteiger partial charge in [-0.05, 0) is 25.3 Å². The van der Waals surface area contributed by atoms with Crippen molar-refractivity contribution in [2.45, 2.75) is 32.7 Å². The van der Waals surface area contributed by atoms with Gasteiger partial charge in [0.25, 0.3) is 0 Å². The molecule has 20 heavy (non-hydrogen) atoms. The lowest BCUT2D eigenvalue weighted by Crippen LogP contribution is -2.50. The molecule has 0 N–H and O–H groups in total. The molecule has 1 amide bonds. The number of Topliss-reactive ketones (excluding diaryl/α,β-unsaturated/α-hetero) is 1. The minimum Gasteiger partial charge on any atom is -0.340 e. The Morgan fingerprint density at radius 1 is 1.20 bits per heavy atom. The fourth-order valence-electron chi connectivity index (χ4n) is 2.43. The number of amides is 1. The van der Waals surface area contributed by atoms with E-state index < -0.39 is 0 Å². The molecule has 4 nitrogen and oxygen atoms in total.